The minimum atomic E-state index is -1.12. The number of carbonyl (C=O) groups excluding carboxylic acids is 6. The molecule has 0 radical (unpaired) electrons. The van der Waals surface area contributed by atoms with E-state index in [1.54, 1.807) is 27.9 Å². The second-order valence-electron chi connectivity index (χ2n) is 13.8. The molecule has 3 atom stereocenters. The minimum absolute atomic E-state index is 0.0332. The number of carboxylic acid groups (broad SMARTS) is 2. The molecule has 0 aliphatic carbocycles. The number of methoxy groups -OCH3 is 3. The Hall–Kier alpha value is -3.72. The minimum Gasteiger partial charge on any atom is -0.481 e. The standard InChI is InChI=1S/C17H30O6.C9H16O5.C9H16O4.C5H10O4/c1-7-23-16(20)15(14(19)11-22-9-8-21-6)12(2)13(18)10-17(3,4)5;1-3-14-9(11)6-8(10)7-13-5-4-12-2;1-3-4-13-6-8(10)5-7(2)9(11)12;1-8-2-3-9-4-5(6)7/h12,15H,7-11H2,1-6H3;3-7H2,1-2H3;7H,3-6H2,1-2H3,(H,11,12);2-4H2,1H3,(H,6,7). The summed E-state index contributed by atoms with van der Waals surface area (Å²) in [5.41, 5.74) is -0.206. The van der Waals surface area contributed by atoms with Gasteiger partial charge in [-0.3, -0.25) is 33.6 Å². The fraction of sp³-hybridized carbons (Fsp3) is 0.800. The van der Waals surface area contributed by atoms with Gasteiger partial charge < -0.3 is 52.8 Å². The van der Waals surface area contributed by atoms with Crippen LogP contribution in [0, 0.1) is 23.2 Å². The van der Waals surface area contributed by atoms with Crippen LogP contribution in [0.1, 0.15) is 81.1 Å². The van der Waals surface area contributed by atoms with E-state index < -0.39 is 47.4 Å². The van der Waals surface area contributed by atoms with Crippen LogP contribution in [0.15, 0.2) is 0 Å². The van der Waals surface area contributed by atoms with E-state index in [0.29, 0.717) is 46.1 Å². The molecule has 0 spiro atoms. The number of hydrogen-bond donors (Lipinski definition) is 2. The highest BCUT2D eigenvalue weighted by molar-refractivity contribution is 6.04. The molecule has 0 aromatic heterocycles. The molecule has 19 nitrogen and oxygen atoms in total. The molecule has 0 bridgehead atoms. The van der Waals surface area contributed by atoms with E-state index in [-0.39, 0.29) is 81.9 Å². The lowest BCUT2D eigenvalue weighted by molar-refractivity contribution is -0.157. The van der Waals surface area contributed by atoms with Crippen LogP contribution in [0.4, 0.5) is 0 Å². The van der Waals surface area contributed by atoms with Gasteiger partial charge in [0.25, 0.3) is 0 Å². The maximum absolute atomic E-state index is 12.4. The van der Waals surface area contributed by atoms with Gasteiger partial charge in [0.1, 0.15) is 44.5 Å². The van der Waals surface area contributed by atoms with Gasteiger partial charge in [0.05, 0.1) is 58.8 Å². The first-order valence-electron chi connectivity index (χ1n) is 19.3. The number of ketones is 4. The van der Waals surface area contributed by atoms with Gasteiger partial charge >= 0.3 is 23.9 Å². The van der Waals surface area contributed by atoms with Gasteiger partial charge in [0.2, 0.25) is 0 Å². The molecule has 0 saturated carbocycles. The first kappa shape index (κ1) is 61.9. The van der Waals surface area contributed by atoms with Crippen molar-refractivity contribution < 1.29 is 91.2 Å². The van der Waals surface area contributed by atoms with E-state index in [1.807, 2.05) is 27.7 Å². The van der Waals surface area contributed by atoms with Gasteiger partial charge in [-0.05, 0) is 25.7 Å². The number of Topliss-reactive ketones (excluding diaryl/α,β-unsaturated/α-hetero) is 4. The third-order valence-electron chi connectivity index (χ3n) is 6.84. The van der Waals surface area contributed by atoms with Crippen molar-refractivity contribution in [3.8, 4) is 0 Å². The average Bonchev–Trinajstić information content (AvgIpc) is 3.14. The maximum Gasteiger partial charge on any atom is 0.329 e. The van der Waals surface area contributed by atoms with Crippen LogP contribution in [0.2, 0.25) is 0 Å². The second-order valence-corrected chi connectivity index (χ2v) is 13.8. The number of esters is 2. The van der Waals surface area contributed by atoms with E-state index in [1.165, 1.54) is 21.1 Å². The lowest BCUT2D eigenvalue weighted by atomic mass is 9.80. The summed E-state index contributed by atoms with van der Waals surface area (Å²) in [6.07, 6.45) is 0.990. The number of carbonyl (C=O) groups is 8. The quantitative estimate of drug-likeness (QED) is 0.0577. The van der Waals surface area contributed by atoms with Gasteiger partial charge in [-0.2, -0.15) is 0 Å². The third-order valence-corrected chi connectivity index (χ3v) is 6.84. The predicted octanol–water partition coefficient (Wildman–Crippen LogP) is 3.04. The van der Waals surface area contributed by atoms with E-state index in [4.69, 9.17) is 38.6 Å². The fourth-order valence-corrected chi connectivity index (χ4v) is 3.99. The number of aliphatic carboxylic acids is 2. The Morgan fingerprint density at radius 1 is 0.576 bits per heavy atom. The Bertz CT molecular complexity index is 1160. The van der Waals surface area contributed by atoms with Crippen LogP contribution < -0.4 is 0 Å². The summed E-state index contributed by atoms with van der Waals surface area (Å²) in [6, 6.07) is 0. The van der Waals surface area contributed by atoms with Gasteiger partial charge in [-0.1, -0.05) is 41.5 Å². The number of ether oxygens (including phenoxy) is 9. The van der Waals surface area contributed by atoms with Crippen molar-refractivity contribution in [1.29, 1.82) is 0 Å². The van der Waals surface area contributed by atoms with Gasteiger partial charge in [0, 0.05) is 46.7 Å². The monoisotopic (exact) mass is 856 g/mol. The molecule has 0 rings (SSSR count). The predicted molar refractivity (Wildman–Crippen MR) is 213 cm³/mol. The lowest BCUT2D eigenvalue weighted by Crippen LogP contribution is -2.38. The summed E-state index contributed by atoms with van der Waals surface area (Å²) in [6.45, 7) is 16.9. The van der Waals surface area contributed by atoms with Gasteiger partial charge in [0.15, 0.2) is 17.3 Å². The van der Waals surface area contributed by atoms with E-state index in [9.17, 15) is 38.4 Å². The Kier molecular flexibility index (Phi) is 43.1. The lowest BCUT2D eigenvalue weighted by Gasteiger charge is -2.24. The van der Waals surface area contributed by atoms with Crippen LogP contribution >= 0.6 is 0 Å². The number of rotatable bonds is 31. The highest BCUT2D eigenvalue weighted by Gasteiger charge is 2.38. The summed E-state index contributed by atoms with van der Waals surface area (Å²) in [4.78, 5) is 89.9. The molecule has 0 aromatic rings. The molecular formula is C40H72O19. The summed E-state index contributed by atoms with van der Waals surface area (Å²) >= 11 is 0. The molecule has 2 N–H and O–H groups in total. The molecule has 0 aliphatic heterocycles. The summed E-state index contributed by atoms with van der Waals surface area (Å²) in [5, 5.41) is 16.6. The maximum atomic E-state index is 12.4. The van der Waals surface area contributed by atoms with Crippen molar-refractivity contribution in [2.45, 2.75) is 81.1 Å². The van der Waals surface area contributed by atoms with Crippen molar-refractivity contribution in [3.63, 3.8) is 0 Å². The summed E-state index contributed by atoms with van der Waals surface area (Å²) in [7, 11) is 4.60. The first-order chi connectivity index (χ1) is 27.7. The zero-order valence-electron chi connectivity index (χ0n) is 37.1. The summed E-state index contributed by atoms with van der Waals surface area (Å²) in [5.74, 6) is -6.51. The average molecular weight is 857 g/mol. The molecule has 0 heterocycles. The Labute approximate surface area is 349 Å². The fourth-order valence-electron chi connectivity index (χ4n) is 3.99. The van der Waals surface area contributed by atoms with Crippen LogP contribution in [0.25, 0.3) is 0 Å². The zero-order chi connectivity index (χ0) is 46.2. The molecule has 19 heteroatoms. The highest BCUT2D eigenvalue weighted by Crippen LogP contribution is 2.25. The smallest absolute Gasteiger partial charge is 0.329 e. The van der Waals surface area contributed by atoms with Gasteiger partial charge in [-0.25, -0.2) is 4.79 Å². The highest BCUT2D eigenvalue weighted by atomic mass is 16.5. The van der Waals surface area contributed by atoms with Crippen LogP contribution in [0.5, 0.6) is 0 Å². The Balaban J connectivity index is -0.000000363. The molecule has 3 unspecified atom stereocenters. The third kappa shape index (κ3) is 43.7. The van der Waals surface area contributed by atoms with Gasteiger partial charge in [-0.15, -0.1) is 0 Å². The molecule has 0 aliphatic rings. The number of carboxylic acids is 2. The molecule has 0 amide bonds. The van der Waals surface area contributed by atoms with Crippen LogP contribution in [-0.2, 0) is 81.0 Å². The largest absolute Gasteiger partial charge is 0.481 e. The van der Waals surface area contributed by atoms with E-state index >= 15 is 0 Å². The summed E-state index contributed by atoms with van der Waals surface area (Å²) < 4.78 is 43.4. The van der Waals surface area contributed by atoms with Crippen molar-refractivity contribution in [1.82, 2.24) is 0 Å². The molecular weight excluding hydrogens is 784 g/mol. The second kappa shape index (κ2) is 41.0. The topological polar surface area (TPSA) is 260 Å². The normalized spacial score (nSPS) is 12.1. The van der Waals surface area contributed by atoms with E-state index in [0.717, 1.165) is 6.42 Å². The molecule has 0 aromatic carbocycles. The molecule has 0 saturated heterocycles. The molecule has 346 valence electrons. The van der Waals surface area contributed by atoms with Crippen molar-refractivity contribution >= 4 is 47.0 Å². The Morgan fingerprint density at radius 2 is 1.03 bits per heavy atom. The van der Waals surface area contributed by atoms with Crippen LogP contribution in [0.3, 0.4) is 0 Å². The molecule has 0 fully saturated rings. The zero-order valence-corrected chi connectivity index (χ0v) is 37.1. The van der Waals surface area contributed by atoms with Crippen LogP contribution in [-0.4, -0.2) is 164 Å². The van der Waals surface area contributed by atoms with Crippen molar-refractivity contribution in [2.24, 2.45) is 23.2 Å². The number of hydrogen-bond acceptors (Lipinski definition) is 17. The molecule has 59 heavy (non-hydrogen) atoms. The van der Waals surface area contributed by atoms with Crippen molar-refractivity contribution in [2.75, 3.05) is 107 Å². The van der Waals surface area contributed by atoms with E-state index in [2.05, 4.69) is 14.2 Å². The Morgan fingerprint density at radius 3 is 1.46 bits per heavy atom. The first-order valence-corrected chi connectivity index (χ1v) is 19.3. The van der Waals surface area contributed by atoms with Crippen molar-refractivity contribution in [3.05, 3.63) is 0 Å². The SMILES string of the molecule is CCCOCC(=O)CC(C)C(=O)O.CCOC(=O)C(C(=O)COCCOC)C(C)C(=O)CC(C)(C)C.CCOC(=O)CC(=O)COCCOC.COCCOCC(=O)O.